The topological polar surface area (TPSA) is 41.5 Å². The molecular weight excluding hydrogens is 262 g/mol. The van der Waals surface area contributed by atoms with E-state index in [-0.39, 0.29) is 12.1 Å². The first-order valence-electron chi connectivity index (χ1n) is 7.21. The molecule has 0 saturated carbocycles. The molecule has 2 N–H and O–H groups in total. The Bertz CT molecular complexity index is 610. The number of methoxy groups -OCH3 is 1. The van der Waals surface area contributed by atoms with E-state index in [0.29, 0.717) is 5.75 Å². The first kappa shape index (κ1) is 15.4. The molecule has 0 bridgehead atoms. The van der Waals surface area contributed by atoms with Gasteiger partial charge in [-0.05, 0) is 32.9 Å². The zero-order chi connectivity index (χ0) is 15.4. The fourth-order valence-electron chi connectivity index (χ4n) is 2.60. The van der Waals surface area contributed by atoms with Crippen molar-refractivity contribution in [1.82, 2.24) is 5.32 Å². The van der Waals surface area contributed by atoms with Crippen LogP contribution in [0.3, 0.4) is 0 Å². The highest BCUT2D eigenvalue weighted by Crippen LogP contribution is 2.30. The molecule has 0 amide bonds. The molecule has 2 unspecified atom stereocenters. The van der Waals surface area contributed by atoms with Crippen molar-refractivity contribution in [3.05, 3.63) is 59.2 Å². The second-order valence-corrected chi connectivity index (χ2v) is 5.41. The Labute approximate surface area is 126 Å². The number of benzene rings is 2. The van der Waals surface area contributed by atoms with Crippen LogP contribution in [0.1, 0.15) is 42.6 Å². The minimum absolute atomic E-state index is 0.0476. The Balaban J connectivity index is 2.20. The zero-order valence-corrected chi connectivity index (χ0v) is 13.1. The Morgan fingerprint density at radius 1 is 1.00 bits per heavy atom. The predicted molar refractivity (Wildman–Crippen MR) is 85.8 cm³/mol. The molecule has 0 radical (unpaired) electrons. The summed E-state index contributed by atoms with van der Waals surface area (Å²) in [6.07, 6.45) is 0. The number of rotatable bonds is 5. The van der Waals surface area contributed by atoms with Crippen LogP contribution >= 0.6 is 0 Å². The van der Waals surface area contributed by atoms with Crippen LogP contribution in [0.2, 0.25) is 0 Å². The molecule has 0 saturated heterocycles. The standard InChI is InChI=1S/C18H23NO2/c1-12-9-10-18(21-4)16(11-12)14(3)19-13(2)15-7-5-6-8-17(15)20/h5-11,13-14,19-20H,1-4H3. The van der Waals surface area contributed by atoms with E-state index in [9.17, 15) is 5.11 Å². The minimum atomic E-state index is 0.0476. The van der Waals surface area contributed by atoms with E-state index in [1.165, 1.54) is 5.56 Å². The quantitative estimate of drug-likeness (QED) is 0.868. The average molecular weight is 285 g/mol. The lowest BCUT2D eigenvalue weighted by Gasteiger charge is -2.23. The molecule has 0 aliphatic rings. The highest BCUT2D eigenvalue weighted by molar-refractivity contribution is 5.39. The molecule has 2 atom stereocenters. The van der Waals surface area contributed by atoms with Crippen LogP contribution in [0.15, 0.2) is 42.5 Å². The summed E-state index contributed by atoms with van der Waals surface area (Å²) in [5.74, 6) is 1.20. The van der Waals surface area contributed by atoms with E-state index in [1.54, 1.807) is 13.2 Å². The summed E-state index contributed by atoms with van der Waals surface area (Å²) in [4.78, 5) is 0. The van der Waals surface area contributed by atoms with E-state index in [2.05, 4.69) is 25.2 Å². The molecule has 3 heteroatoms. The highest BCUT2D eigenvalue weighted by Gasteiger charge is 2.16. The van der Waals surface area contributed by atoms with Crippen molar-refractivity contribution >= 4 is 0 Å². The lowest BCUT2D eigenvalue weighted by molar-refractivity contribution is 0.394. The number of para-hydroxylation sites is 1. The summed E-state index contributed by atoms with van der Waals surface area (Å²) in [5, 5.41) is 13.5. The van der Waals surface area contributed by atoms with E-state index < -0.39 is 0 Å². The van der Waals surface area contributed by atoms with Gasteiger partial charge in [0, 0.05) is 23.2 Å². The Hall–Kier alpha value is -2.00. The fourth-order valence-corrected chi connectivity index (χ4v) is 2.60. The van der Waals surface area contributed by atoms with Crippen LogP contribution in [0, 0.1) is 6.92 Å². The van der Waals surface area contributed by atoms with Gasteiger partial charge in [0.1, 0.15) is 11.5 Å². The average Bonchev–Trinajstić information content (AvgIpc) is 2.47. The molecule has 0 spiro atoms. The van der Waals surface area contributed by atoms with Gasteiger partial charge >= 0.3 is 0 Å². The molecule has 0 aliphatic heterocycles. The molecule has 2 rings (SSSR count). The maximum Gasteiger partial charge on any atom is 0.123 e. The summed E-state index contributed by atoms with van der Waals surface area (Å²) in [7, 11) is 1.69. The number of aromatic hydroxyl groups is 1. The zero-order valence-electron chi connectivity index (χ0n) is 13.1. The molecular formula is C18H23NO2. The van der Waals surface area contributed by atoms with Crippen LogP contribution in [0.4, 0.5) is 0 Å². The van der Waals surface area contributed by atoms with Gasteiger partial charge in [0.05, 0.1) is 7.11 Å². The van der Waals surface area contributed by atoms with E-state index in [4.69, 9.17) is 4.74 Å². The van der Waals surface area contributed by atoms with Crippen LogP contribution in [-0.4, -0.2) is 12.2 Å². The van der Waals surface area contributed by atoms with Crippen LogP contribution in [-0.2, 0) is 0 Å². The van der Waals surface area contributed by atoms with E-state index in [0.717, 1.165) is 16.9 Å². The first-order chi connectivity index (χ1) is 10.0. The number of hydrogen-bond acceptors (Lipinski definition) is 3. The van der Waals surface area contributed by atoms with Crippen LogP contribution in [0.25, 0.3) is 0 Å². The second kappa shape index (κ2) is 6.64. The van der Waals surface area contributed by atoms with Gasteiger partial charge in [-0.15, -0.1) is 0 Å². The van der Waals surface area contributed by atoms with Crippen LogP contribution < -0.4 is 10.1 Å². The van der Waals surface area contributed by atoms with Crippen molar-refractivity contribution in [2.24, 2.45) is 0 Å². The molecule has 112 valence electrons. The normalized spacial score (nSPS) is 13.7. The molecule has 0 heterocycles. The third kappa shape index (κ3) is 3.56. The third-order valence-corrected chi connectivity index (χ3v) is 3.75. The van der Waals surface area contributed by atoms with Gasteiger partial charge < -0.3 is 15.2 Å². The third-order valence-electron chi connectivity index (χ3n) is 3.75. The van der Waals surface area contributed by atoms with E-state index >= 15 is 0 Å². The first-order valence-corrected chi connectivity index (χ1v) is 7.21. The largest absolute Gasteiger partial charge is 0.508 e. The lowest BCUT2D eigenvalue weighted by atomic mass is 10.0. The van der Waals surface area contributed by atoms with Crippen LogP contribution in [0.5, 0.6) is 11.5 Å². The lowest BCUT2D eigenvalue weighted by Crippen LogP contribution is -2.23. The van der Waals surface area contributed by atoms with Gasteiger partial charge in [0.25, 0.3) is 0 Å². The predicted octanol–water partition coefficient (Wildman–Crippen LogP) is 4.12. The Morgan fingerprint density at radius 2 is 1.67 bits per heavy atom. The Morgan fingerprint density at radius 3 is 2.33 bits per heavy atom. The summed E-state index contributed by atoms with van der Waals surface area (Å²) in [5.41, 5.74) is 3.23. The van der Waals surface area contributed by atoms with Crippen molar-refractivity contribution < 1.29 is 9.84 Å². The van der Waals surface area contributed by atoms with Gasteiger partial charge in [-0.2, -0.15) is 0 Å². The van der Waals surface area contributed by atoms with Gasteiger partial charge in [0.2, 0.25) is 0 Å². The number of nitrogens with one attached hydrogen (secondary N) is 1. The van der Waals surface area contributed by atoms with E-state index in [1.807, 2.05) is 37.3 Å². The molecule has 21 heavy (non-hydrogen) atoms. The summed E-state index contributed by atoms with van der Waals surface area (Å²) >= 11 is 0. The molecule has 0 fully saturated rings. The van der Waals surface area contributed by atoms with Crippen molar-refractivity contribution in [3.8, 4) is 11.5 Å². The maximum atomic E-state index is 9.94. The van der Waals surface area contributed by atoms with Gasteiger partial charge in [0.15, 0.2) is 0 Å². The van der Waals surface area contributed by atoms with Gasteiger partial charge in [-0.25, -0.2) is 0 Å². The number of phenolic OH excluding ortho intramolecular Hbond substituents is 1. The number of ether oxygens (including phenoxy) is 1. The molecule has 2 aromatic rings. The summed E-state index contributed by atoms with van der Waals surface area (Å²) in [6, 6.07) is 13.8. The minimum Gasteiger partial charge on any atom is -0.508 e. The molecule has 3 nitrogen and oxygen atoms in total. The number of hydrogen-bond donors (Lipinski definition) is 2. The van der Waals surface area contributed by atoms with Crippen molar-refractivity contribution in [2.75, 3.05) is 7.11 Å². The number of phenols is 1. The molecule has 0 aliphatic carbocycles. The van der Waals surface area contributed by atoms with Crippen molar-refractivity contribution in [1.29, 1.82) is 0 Å². The highest BCUT2D eigenvalue weighted by atomic mass is 16.5. The van der Waals surface area contributed by atoms with Crippen molar-refractivity contribution in [3.63, 3.8) is 0 Å². The van der Waals surface area contributed by atoms with Crippen molar-refractivity contribution in [2.45, 2.75) is 32.9 Å². The smallest absolute Gasteiger partial charge is 0.123 e. The molecule has 2 aromatic carbocycles. The Kier molecular flexibility index (Phi) is 4.86. The summed E-state index contributed by atoms with van der Waals surface area (Å²) in [6.45, 7) is 6.23. The molecule has 0 aromatic heterocycles. The van der Waals surface area contributed by atoms with Gasteiger partial charge in [-0.1, -0.05) is 35.9 Å². The SMILES string of the molecule is COc1ccc(C)cc1C(C)NC(C)c1ccccc1O. The van der Waals surface area contributed by atoms with Gasteiger partial charge in [-0.3, -0.25) is 0 Å². The maximum absolute atomic E-state index is 9.94. The number of aryl methyl sites for hydroxylation is 1. The monoisotopic (exact) mass is 285 g/mol. The second-order valence-electron chi connectivity index (χ2n) is 5.41. The fraction of sp³-hybridized carbons (Fsp3) is 0.333. The summed E-state index contributed by atoms with van der Waals surface area (Å²) < 4.78 is 5.44.